The molecule has 0 amide bonds. The van der Waals surface area contributed by atoms with Crippen molar-refractivity contribution >= 4 is 15.5 Å². The van der Waals surface area contributed by atoms with Crippen molar-refractivity contribution in [2.24, 2.45) is 5.41 Å². The van der Waals surface area contributed by atoms with Crippen molar-refractivity contribution in [2.45, 2.75) is 17.3 Å². The molecule has 1 aliphatic heterocycles. The summed E-state index contributed by atoms with van der Waals surface area (Å²) in [6, 6.07) is 2.25. The Balaban J connectivity index is 2.34. The molecule has 0 saturated carbocycles. The monoisotopic (exact) mass is 327 g/mol. The van der Waals surface area contributed by atoms with Gasteiger partial charge in [0.25, 0.3) is 9.84 Å². The second-order valence-electron chi connectivity index (χ2n) is 5.25. The number of hydrogen-bond acceptors (Lipinski definition) is 4. The van der Waals surface area contributed by atoms with Crippen LogP contribution in [0.15, 0.2) is 23.1 Å². The van der Waals surface area contributed by atoms with Crippen LogP contribution in [0, 0.1) is 11.2 Å². The van der Waals surface area contributed by atoms with E-state index in [2.05, 4.69) is 5.32 Å². The molecule has 118 valence electrons. The van der Waals surface area contributed by atoms with Crippen molar-refractivity contribution in [3.05, 3.63) is 24.0 Å². The molecule has 2 rings (SSSR count). The van der Waals surface area contributed by atoms with Gasteiger partial charge in [0.05, 0.1) is 18.9 Å². The topological polar surface area (TPSA) is 55.4 Å². The van der Waals surface area contributed by atoms with Crippen molar-refractivity contribution in [2.75, 3.05) is 25.1 Å². The molecule has 1 aromatic rings. The van der Waals surface area contributed by atoms with Gasteiger partial charge >= 0.3 is 5.51 Å². The molecular formula is C12H13F4NO3S. The van der Waals surface area contributed by atoms with Crippen molar-refractivity contribution in [3.63, 3.8) is 0 Å². The number of hydrogen-bond donors (Lipinski definition) is 1. The predicted octanol–water partition coefficient (Wildman–Crippen LogP) is 2.57. The molecular weight excluding hydrogens is 314 g/mol. The first-order valence-corrected chi connectivity index (χ1v) is 7.46. The van der Waals surface area contributed by atoms with Gasteiger partial charge in [-0.3, -0.25) is 0 Å². The number of nitrogens with one attached hydrogen (secondary N) is 1. The normalized spacial score (nSPS) is 18.1. The Labute approximate surface area is 119 Å². The summed E-state index contributed by atoms with van der Waals surface area (Å²) >= 11 is 0. The van der Waals surface area contributed by atoms with Gasteiger partial charge in [0.2, 0.25) is 0 Å². The highest BCUT2D eigenvalue weighted by atomic mass is 32.2. The molecule has 0 atom stereocenters. The van der Waals surface area contributed by atoms with E-state index in [4.69, 9.17) is 4.74 Å². The van der Waals surface area contributed by atoms with E-state index < -0.39 is 26.1 Å². The van der Waals surface area contributed by atoms with Gasteiger partial charge in [-0.1, -0.05) is 6.92 Å². The number of halogens is 4. The van der Waals surface area contributed by atoms with E-state index in [0.29, 0.717) is 19.3 Å². The Morgan fingerprint density at radius 1 is 1.33 bits per heavy atom. The van der Waals surface area contributed by atoms with Crippen LogP contribution in [0.5, 0.6) is 0 Å². The van der Waals surface area contributed by atoms with E-state index in [1.807, 2.05) is 6.92 Å². The van der Waals surface area contributed by atoms with Crippen LogP contribution in [-0.4, -0.2) is 33.7 Å². The van der Waals surface area contributed by atoms with Crippen molar-refractivity contribution in [1.82, 2.24) is 0 Å². The predicted molar refractivity (Wildman–Crippen MR) is 67.1 cm³/mol. The average Bonchev–Trinajstić information content (AvgIpc) is 2.33. The highest BCUT2D eigenvalue weighted by molar-refractivity contribution is 7.92. The number of rotatable bonds is 4. The summed E-state index contributed by atoms with van der Waals surface area (Å²) in [5.41, 5.74) is -6.05. The molecule has 1 N–H and O–H groups in total. The molecule has 0 aliphatic carbocycles. The Kier molecular flexibility index (Phi) is 3.92. The van der Waals surface area contributed by atoms with E-state index in [0.717, 1.165) is 12.1 Å². The smallest absolute Gasteiger partial charge is 0.383 e. The summed E-state index contributed by atoms with van der Waals surface area (Å²) < 4.78 is 79.0. The third kappa shape index (κ3) is 3.13. The molecule has 1 fully saturated rings. The fourth-order valence-corrected chi connectivity index (χ4v) is 2.80. The van der Waals surface area contributed by atoms with Crippen LogP contribution < -0.4 is 5.32 Å². The molecule has 1 saturated heterocycles. The molecule has 0 aromatic heterocycles. The number of anilines is 1. The lowest BCUT2D eigenvalue weighted by atomic mass is 9.89. The molecule has 0 radical (unpaired) electrons. The summed E-state index contributed by atoms with van der Waals surface area (Å²) in [6.45, 7) is 2.90. The van der Waals surface area contributed by atoms with Gasteiger partial charge in [-0.15, -0.1) is 0 Å². The first-order chi connectivity index (χ1) is 9.55. The average molecular weight is 327 g/mol. The zero-order chi connectivity index (χ0) is 15.9. The van der Waals surface area contributed by atoms with Crippen molar-refractivity contribution in [1.29, 1.82) is 0 Å². The second kappa shape index (κ2) is 5.13. The van der Waals surface area contributed by atoms with Gasteiger partial charge in [-0.2, -0.15) is 13.2 Å². The third-order valence-corrected chi connectivity index (χ3v) is 4.67. The van der Waals surface area contributed by atoms with Crippen LogP contribution in [-0.2, 0) is 14.6 Å². The maximum atomic E-state index is 13.1. The van der Waals surface area contributed by atoms with Crippen LogP contribution >= 0.6 is 0 Å². The first kappa shape index (κ1) is 16.0. The highest BCUT2D eigenvalue weighted by Gasteiger charge is 2.48. The summed E-state index contributed by atoms with van der Waals surface area (Å²) in [7, 11) is -5.62. The van der Waals surface area contributed by atoms with E-state index in [1.165, 1.54) is 0 Å². The largest absolute Gasteiger partial charge is 0.501 e. The van der Waals surface area contributed by atoms with Crippen LogP contribution in [0.3, 0.4) is 0 Å². The standard InChI is InChI=1S/C12H13F4NO3S/c1-11(6-20-7-11)5-17-9-3-2-8(13)4-10(9)21(18,19)12(14,15)16/h2-4,17H,5-7H2,1H3. The zero-order valence-corrected chi connectivity index (χ0v) is 11.8. The van der Waals surface area contributed by atoms with Gasteiger partial charge in [-0.25, -0.2) is 12.8 Å². The summed E-state index contributed by atoms with van der Waals surface area (Å²) in [5.74, 6) is -1.05. The molecule has 21 heavy (non-hydrogen) atoms. The van der Waals surface area contributed by atoms with Gasteiger partial charge in [0.1, 0.15) is 10.7 Å². The van der Waals surface area contributed by atoms with E-state index in [-0.39, 0.29) is 17.6 Å². The minimum atomic E-state index is -5.62. The van der Waals surface area contributed by atoms with Gasteiger partial charge < -0.3 is 10.1 Å². The Hall–Kier alpha value is -1.35. The second-order valence-corrected chi connectivity index (χ2v) is 7.16. The van der Waals surface area contributed by atoms with Crippen molar-refractivity contribution < 1.29 is 30.7 Å². The number of sulfone groups is 1. The lowest BCUT2D eigenvalue weighted by molar-refractivity contribution is -0.0924. The van der Waals surface area contributed by atoms with Crippen LogP contribution in [0.2, 0.25) is 0 Å². The van der Waals surface area contributed by atoms with Crippen molar-refractivity contribution in [3.8, 4) is 0 Å². The maximum Gasteiger partial charge on any atom is 0.501 e. The van der Waals surface area contributed by atoms with E-state index in [1.54, 1.807) is 0 Å². The molecule has 1 aliphatic rings. The Morgan fingerprint density at radius 2 is 1.95 bits per heavy atom. The molecule has 0 bridgehead atoms. The highest BCUT2D eigenvalue weighted by Crippen LogP contribution is 2.35. The van der Waals surface area contributed by atoms with E-state index >= 15 is 0 Å². The molecule has 0 unspecified atom stereocenters. The van der Waals surface area contributed by atoms with Gasteiger partial charge in [0, 0.05) is 12.0 Å². The van der Waals surface area contributed by atoms with Gasteiger partial charge in [0.15, 0.2) is 0 Å². The van der Waals surface area contributed by atoms with Crippen LogP contribution in [0.25, 0.3) is 0 Å². The zero-order valence-electron chi connectivity index (χ0n) is 11.0. The minimum absolute atomic E-state index is 0.221. The van der Waals surface area contributed by atoms with E-state index in [9.17, 15) is 26.0 Å². The molecule has 1 aromatic carbocycles. The number of benzene rings is 1. The van der Waals surface area contributed by atoms with Crippen LogP contribution in [0.4, 0.5) is 23.2 Å². The molecule has 1 heterocycles. The Bertz CT molecular complexity index is 638. The quantitative estimate of drug-likeness (QED) is 0.864. The minimum Gasteiger partial charge on any atom is -0.383 e. The summed E-state index contributed by atoms with van der Waals surface area (Å²) in [4.78, 5) is -1.11. The maximum absolute atomic E-state index is 13.1. The van der Waals surface area contributed by atoms with Gasteiger partial charge in [-0.05, 0) is 18.2 Å². The van der Waals surface area contributed by atoms with Crippen LogP contribution in [0.1, 0.15) is 6.92 Å². The molecule has 9 heteroatoms. The fourth-order valence-electron chi connectivity index (χ4n) is 1.85. The molecule has 0 spiro atoms. The SMILES string of the molecule is CC1(CNc2ccc(F)cc2S(=O)(=O)C(F)(F)F)COC1. The summed E-state index contributed by atoms with van der Waals surface area (Å²) in [5, 5.41) is 2.64. The number of ether oxygens (including phenoxy) is 1. The third-order valence-electron chi connectivity index (χ3n) is 3.14. The lowest BCUT2D eigenvalue weighted by Crippen LogP contribution is -2.45. The fraction of sp³-hybridized carbons (Fsp3) is 0.500. The molecule has 4 nitrogen and oxygen atoms in total. The summed E-state index contributed by atoms with van der Waals surface area (Å²) in [6.07, 6.45) is 0. The first-order valence-electron chi connectivity index (χ1n) is 5.98. The number of alkyl halides is 3. The Morgan fingerprint density at radius 3 is 2.43 bits per heavy atom. The lowest BCUT2D eigenvalue weighted by Gasteiger charge is -2.38.